The summed E-state index contributed by atoms with van der Waals surface area (Å²) in [5, 5.41) is 11.4. The van der Waals surface area contributed by atoms with Gasteiger partial charge in [0.05, 0.1) is 18.7 Å². The molecule has 0 bridgehead atoms. The fraction of sp³-hybridized carbons (Fsp3) is 0.222. The minimum absolute atomic E-state index is 0.181. The lowest BCUT2D eigenvalue weighted by Crippen LogP contribution is -3.08. The van der Waals surface area contributed by atoms with Gasteiger partial charge in [-0.2, -0.15) is 5.26 Å². The van der Waals surface area contributed by atoms with Crippen molar-refractivity contribution in [1.82, 2.24) is 0 Å². The number of quaternary nitrogens is 1. The molecule has 8 heteroatoms. The first-order valence-electron chi connectivity index (χ1n) is 7.71. The van der Waals surface area contributed by atoms with Crippen molar-refractivity contribution in [3.8, 4) is 11.8 Å². The molecule has 0 fully saturated rings. The maximum atomic E-state index is 12.1. The lowest BCUT2D eigenvalue weighted by Gasteiger charge is -2.14. The highest BCUT2D eigenvalue weighted by molar-refractivity contribution is 5.91. The molecule has 0 aliphatic carbocycles. The SMILES string of the molecule is C[NH+](CC(=O)Nc1ccc(OC(F)(F)F)cc1)Cc1ccc(C#N)cc1. The molecule has 1 atom stereocenters. The first kappa shape index (κ1) is 19.3. The van der Waals surface area contributed by atoms with Crippen molar-refractivity contribution in [2.75, 3.05) is 18.9 Å². The van der Waals surface area contributed by atoms with Gasteiger partial charge < -0.3 is 15.0 Å². The van der Waals surface area contributed by atoms with Crippen LogP contribution in [0.4, 0.5) is 18.9 Å². The summed E-state index contributed by atoms with van der Waals surface area (Å²) < 4.78 is 40.1. The lowest BCUT2D eigenvalue weighted by molar-refractivity contribution is -0.885. The Kier molecular flexibility index (Phi) is 6.20. The maximum absolute atomic E-state index is 12.1. The Morgan fingerprint density at radius 2 is 1.77 bits per heavy atom. The van der Waals surface area contributed by atoms with Gasteiger partial charge in [0, 0.05) is 11.3 Å². The number of halogens is 3. The Hall–Kier alpha value is -3.05. The van der Waals surface area contributed by atoms with Crippen LogP contribution >= 0.6 is 0 Å². The van der Waals surface area contributed by atoms with Gasteiger partial charge in [-0.3, -0.25) is 4.79 Å². The minimum Gasteiger partial charge on any atom is -0.406 e. The second kappa shape index (κ2) is 8.36. The van der Waals surface area contributed by atoms with Crippen LogP contribution in [0.3, 0.4) is 0 Å². The number of carbonyl (C=O) groups is 1. The Morgan fingerprint density at radius 1 is 1.15 bits per heavy atom. The predicted molar refractivity (Wildman–Crippen MR) is 88.4 cm³/mol. The normalized spacial score (nSPS) is 12.1. The summed E-state index contributed by atoms with van der Waals surface area (Å²) >= 11 is 0. The van der Waals surface area contributed by atoms with Crippen molar-refractivity contribution in [2.24, 2.45) is 0 Å². The van der Waals surface area contributed by atoms with Crippen LogP contribution in [0, 0.1) is 11.3 Å². The number of alkyl halides is 3. The van der Waals surface area contributed by atoms with Crippen LogP contribution < -0.4 is 15.0 Å². The van der Waals surface area contributed by atoms with Gasteiger partial charge in [-0.05, 0) is 36.4 Å². The highest BCUT2D eigenvalue weighted by Crippen LogP contribution is 2.23. The molecule has 2 rings (SSSR count). The molecule has 0 spiro atoms. The van der Waals surface area contributed by atoms with Crippen LogP contribution in [-0.4, -0.2) is 25.9 Å². The molecular weight excluding hydrogens is 347 g/mol. The van der Waals surface area contributed by atoms with Crippen molar-refractivity contribution in [3.63, 3.8) is 0 Å². The molecule has 0 aromatic heterocycles. The van der Waals surface area contributed by atoms with Crippen molar-refractivity contribution < 1.29 is 27.6 Å². The van der Waals surface area contributed by atoms with E-state index in [1.807, 2.05) is 25.2 Å². The monoisotopic (exact) mass is 364 g/mol. The summed E-state index contributed by atoms with van der Waals surface area (Å²) in [5.41, 5.74) is 1.95. The summed E-state index contributed by atoms with van der Waals surface area (Å²) in [6.45, 7) is 0.776. The van der Waals surface area contributed by atoms with Gasteiger partial charge in [0.25, 0.3) is 5.91 Å². The van der Waals surface area contributed by atoms with Crippen molar-refractivity contribution in [2.45, 2.75) is 12.9 Å². The van der Waals surface area contributed by atoms with E-state index in [2.05, 4.69) is 10.1 Å². The molecule has 26 heavy (non-hydrogen) atoms. The van der Waals surface area contributed by atoms with Crippen LogP contribution in [-0.2, 0) is 11.3 Å². The van der Waals surface area contributed by atoms with E-state index in [-0.39, 0.29) is 18.2 Å². The Balaban J connectivity index is 1.84. The number of rotatable bonds is 6. The number of hydrogen-bond acceptors (Lipinski definition) is 3. The average molecular weight is 364 g/mol. The van der Waals surface area contributed by atoms with Gasteiger partial charge in [-0.15, -0.1) is 13.2 Å². The van der Waals surface area contributed by atoms with Gasteiger partial charge >= 0.3 is 6.36 Å². The number of carbonyl (C=O) groups excluding carboxylic acids is 1. The smallest absolute Gasteiger partial charge is 0.406 e. The van der Waals surface area contributed by atoms with E-state index in [9.17, 15) is 18.0 Å². The van der Waals surface area contributed by atoms with E-state index in [1.165, 1.54) is 12.1 Å². The quantitative estimate of drug-likeness (QED) is 0.825. The fourth-order valence-electron chi connectivity index (χ4n) is 2.33. The molecule has 0 aliphatic heterocycles. The van der Waals surface area contributed by atoms with Crippen molar-refractivity contribution in [3.05, 3.63) is 59.7 Å². The third kappa shape index (κ3) is 6.45. The molecule has 2 aromatic carbocycles. The summed E-state index contributed by atoms with van der Waals surface area (Å²) in [6, 6.07) is 14.1. The number of nitrogens with one attached hydrogen (secondary N) is 2. The zero-order chi connectivity index (χ0) is 19.2. The highest BCUT2D eigenvalue weighted by Gasteiger charge is 2.30. The van der Waals surface area contributed by atoms with E-state index >= 15 is 0 Å². The average Bonchev–Trinajstić information content (AvgIpc) is 2.56. The Morgan fingerprint density at radius 3 is 2.31 bits per heavy atom. The molecule has 1 unspecified atom stereocenters. The largest absolute Gasteiger partial charge is 0.573 e. The first-order chi connectivity index (χ1) is 12.2. The molecular formula is C18H17F3N3O2+. The second-order valence-electron chi connectivity index (χ2n) is 5.74. The van der Waals surface area contributed by atoms with Crippen molar-refractivity contribution in [1.29, 1.82) is 5.26 Å². The molecule has 0 radical (unpaired) electrons. The van der Waals surface area contributed by atoms with Crippen molar-refractivity contribution >= 4 is 11.6 Å². The van der Waals surface area contributed by atoms with Gasteiger partial charge in [0.15, 0.2) is 6.54 Å². The Labute approximate surface area is 148 Å². The maximum Gasteiger partial charge on any atom is 0.573 e. The van der Waals surface area contributed by atoms with E-state index < -0.39 is 6.36 Å². The highest BCUT2D eigenvalue weighted by atomic mass is 19.4. The molecule has 0 saturated heterocycles. The molecule has 0 aliphatic rings. The number of benzene rings is 2. The topological polar surface area (TPSA) is 66.6 Å². The first-order valence-corrected chi connectivity index (χ1v) is 7.71. The molecule has 2 N–H and O–H groups in total. The second-order valence-corrected chi connectivity index (χ2v) is 5.74. The molecule has 136 valence electrons. The number of nitriles is 1. The van der Waals surface area contributed by atoms with Crippen LogP contribution in [0.1, 0.15) is 11.1 Å². The Bertz CT molecular complexity index is 781. The third-order valence-electron chi connectivity index (χ3n) is 3.42. The summed E-state index contributed by atoms with van der Waals surface area (Å²) in [5.74, 6) is -0.611. The van der Waals surface area contributed by atoms with E-state index in [0.717, 1.165) is 22.6 Å². The third-order valence-corrected chi connectivity index (χ3v) is 3.42. The molecule has 5 nitrogen and oxygen atoms in total. The van der Waals surface area contributed by atoms with Crippen LogP contribution in [0.25, 0.3) is 0 Å². The zero-order valence-corrected chi connectivity index (χ0v) is 13.9. The number of ether oxygens (including phenoxy) is 1. The van der Waals surface area contributed by atoms with E-state index in [4.69, 9.17) is 5.26 Å². The lowest BCUT2D eigenvalue weighted by atomic mass is 10.1. The van der Waals surface area contributed by atoms with Crippen LogP contribution in [0.15, 0.2) is 48.5 Å². The standard InChI is InChI=1S/C18H16F3N3O2/c1-24(11-14-4-2-13(10-22)3-5-14)12-17(25)23-15-6-8-16(9-7-15)26-18(19,20)21/h2-9H,11-12H2,1H3,(H,23,25)/p+1. The number of nitrogens with zero attached hydrogens (tertiary/aromatic N) is 1. The minimum atomic E-state index is -4.75. The summed E-state index contributed by atoms with van der Waals surface area (Å²) in [6.07, 6.45) is -4.75. The predicted octanol–water partition coefficient (Wildman–Crippen LogP) is 2.11. The zero-order valence-electron chi connectivity index (χ0n) is 13.9. The number of hydrogen-bond donors (Lipinski definition) is 2. The molecule has 2 aromatic rings. The summed E-state index contributed by atoms with van der Waals surface area (Å²) in [7, 11) is 1.85. The number of likely N-dealkylation sites (N-methyl/N-ethyl adjacent to an activating group) is 1. The van der Waals surface area contributed by atoms with E-state index in [1.54, 1.807) is 12.1 Å². The van der Waals surface area contributed by atoms with Crippen LogP contribution in [0.5, 0.6) is 5.75 Å². The van der Waals surface area contributed by atoms with Gasteiger partial charge in [0.1, 0.15) is 12.3 Å². The van der Waals surface area contributed by atoms with Crippen LogP contribution in [0.2, 0.25) is 0 Å². The number of anilines is 1. The van der Waals surface area contributed by atoms with Gasteiger partial charge in [0.2, 0.25) is 0 Å². The molecule has 0 saturated carbocycles. The molecule has 0 heterocycles. The summed E-state index contributed by atoms with van der Waals surface area (Å²) in [4.78, 5) is 13.0. The number of amides is 1. The molecule has 1 amide bonds. The van der Waals surface area contributed by atoms with E-state index in [0.29, 0.717) is 17.8 Å². The van der Waals surface area contributed by atoms with Gasteiger partial charge in [-0.1, -0.05) is 12.1 Å². The fourth-order valence-corrected chi connectivity index (χ4v) is 2.33. The van der Waals surface area contributed by atoms with Gasteiger partial charge in [-0.25, -0.2) is 0 Å².